The summed E-state index contributed by atoms with van der Waals surface area (Å²) in [5, 5.41) is 13.9. The minimum atomic E-state index is -1.07. The van der Waals surface area contributed by atoms with E-state index >= 15 is 0 Å². The van der Waals surface area contributed by atoms with E-state index in [9.17, 15) is 9.90 Å². The molecular formula is C23H29NO7. The number of rotatable bonds is 4. The molecule has 2 N–H and O–H groups in total. The van der Waals surface area contributed by atoms with Crippen LogP contribution in [0.15, 0.2) is 47.1 Å². The molecule has 31 heavy (non-hydrogen) atoms. The highest BCUT2D eigenvalue weighted by atomic mass is 16.8. The number of ether oxygens (including phenoxy) is 4. The van der Waals surface area contributed by atoms with Crippen LogP contribution in [0.25, 0.3) is 0 Å². The van der Waals surface area contributed by atoms with E-state index in [2.05, 4.69) is 26.1 Å². The van der Waals surface area contributed by atoms with Crippen molar-refractivity contribution in [3.8, 4) is 5.75 Å². The highest BCUT2D eigenvalue weighted by molar-refractivity contribution is 5.73. The SMILES string of the molecule is CC(=O)NC1C(Oc2ccccc2C(C)(C)C)OC2COC(c3ccco3)OC2C1O. The Kier molecular flexibility index (Phi) is 6.07. The van der Waals surface area contributed by atoms with Crippen molar-refractivity contribution in [1.82, 2.24) is 5.32 Å². The summed E-state index contributed by atoms with van der Waals surface area (Å²) in [5.41, 5.74) is 0.828. The van der Waals surface area contributed by atoms with Crippen LogP contribution < -0.4 is 10.1 Å². The number of aliphatic hydroxyl groups is 1. The zero-order valence-corrected chi connectivity index (χ0v) is 18.1. The Balaban J connectivity index is 1.58. The maximum atomic E-state index is 11.9. The predicted molar refractivity (Wildman–Crippen MR) is 110 cm³/mol. The van der Waals surface area contributed by atoms with Gasteiger partial charge in [0, 0.05) is 6.92 Å². The number of para-hydroxylation sites is 1. The maximum Gasteiger partial charge on any atom is 0.223 e. The third kappa shape index (κ3) is 4.62. The lowest BCUT2D eigenvalue weighted by molar-refractivity contribution is -0.336. The highest BCUT2D eigenvalue weighted by Gasteiger charge is 2.51. The van der Waals surface area contributed by atoms with Crippen LogP contribution in [0.2, 0.25) is 0 Å². The normalized spacial score (nSPS) is 31.0. The number of carbonyl (C=O) groups is 1. The molecule has 168 valence electrons. The number of hydrogen-bond acceptors (Lipinski definition) is 7. The minimum absolute atomic E-state index is 0.163. The molecule has 0 spiro atoms. The molecule has 0 saturated carbocycles. The van der Waals surface area contributed by atoms with Crippen molar-refractivity contribution in [3.05, 3.63) is 54.0 Å². The second-order valence-electron chi connectivity index (χ2n) is 8.91. The number of fused-ring (bicyclic) bond motifs is 1. The number of furan rings is 1. The fourth-order valence-corrected chi connectivity index (χ4v) is 3.96. The van der Waals surface area contributed by atoms with Gasteiger partial charge < -0.3 is 33.8 Å². The van der Waals surface area contributed by atoms with Crippen LogP contribution in [0, 0.1) is 0 Å². The van der Waals surface area contributed by atoms with Crippen molar-refractivity contribution in [2.24, 2.45) is 0 Å². The molecule has 6 atom stereocenters. The van der Waals surface area contributed by atoms with Gasteiger partial charge in [0.1, 0.15) is 30.1 Å². The molecule has 3 heterocycles. The molecule has 0 bridgehead atoms. The standard InChI is InChI=1S/C23H29NO7/c1-13(25)24-18-19(26)20-17(12-28-21(31-20)16-10-7-11-27-16)30-22(18)29-15-9-6-5-8-14(15)23(2,3)4/h5-11,17-22,26H,12H2,1-4H3,(H,24,25). The number of carbonyl (C=O) groups excluding carboxylic acids is 1. The average molecular weight is 431 g/mol. The summed E-state index contributed by atoms with van der Waals surface area (Å²) >= 11 is 0. The van der Waals surface area contributed by atoms with Crippen molar-refractivity contribution < 1.29 is 33.3 Å². The van der Waals surface area contributed by atoms with Gasteiger partial charge in [0.25, 0.3) is 0 Å². The van der Waals surface area contributed by atoms with Gasteiger partial charge in [-0.1, -0.05) is 39.0 Å². The van der Waals surface area contributed by atoms with Crippen molar-refractivity contribution >= 4 is 5.91 Å². The van der Waals surface area contributed by atoms with Gasteiger partial charge in [-0.2, -0.15) is 0 Å². The maximum absolute atomic E-state index is 11.9. The summed E-state index contributed by atoms with van der Waals surface area (Å²) in [6.45, 7) is 7.83. The molecule has 0 aliphatic carbocycles. The number of nitrogens with one attached hydrogen (secondary N) is 1. The molecule has 8 heteroatoms. The molecule has 0 radical (unpaired) electrons. The summed E-state index contributed by atoms with van der Waals surface area (Å²) < 4.78 is 29.4. The van der Waals surface area contributed by atoms with Crippen LogP contribution in [0.4, 0.5) is 0 Å². The average Bonchev–Trinajstić information content (AvgIpc) is 3.25. The first-order valence-electron chi connectivity index (χ1n) is 10.4. The third-order valence-corrected chi connectivity index (χ3v) is 5.45. The molecule has 1 amide bonds. The van der Waals surface area contributed by atoms with Crippen molar-refractivity contribution in [3.63, 3.8) is 0 Å². The molecule has 2 fully saturated rings. The van der Waals surface area contributed by atoms with E-state index < -0.39 is 36.9 Å². The summed E-state index contributed by atoms with van der Waals surface area (Å²) in [7, 11) is 0. The summed E-state index contributed by atoms with van der Waals surface area (Å²) in [6, 6.07) is 10.3. The minimum Gasteiger partial charge on any atom is -0.464 e. The van der Waals surface area contributed by atoms with E-state index in [1.165, 1.54) is 13.2 Å². The van der Waals surface area contributed by atoms with E-state index in [1.54, 1.807) is 12.1 Å². The van der Waals surface area contributed by atoms with Crippen LogP contribution in [0.5, 0.6) is 5.75 Å². The predicted octanol–water partition coefficient (Wildman–Crippen LogP) is 2.66. The molecule has 2 aliphatic rings. The zero-order valence-electron chi connectivity index (χ0n) is 18.1. The fourth-order valence-electron chi connectivity index (χ4n) is 3.96. The number of hydrogen-bond donors (Lipinski definition) is 2. The van der Waals surface area contributed by atoms with Gasteiger partial charge in [0.05, 0.1) is 12.9 Å². The third-order valence-electron chi connectivity index (χ3n) is 5.45. The van der Waals surface area contributed by atoms with Gasteiger partial charge >= 0.3 is 0 Å². The smallest absolute Gasteiger partial charge is 0.223 e. The molecule has 8 nitrogen and oxygen atoms in total. The van der Waals surface area contributed by atoms with Crippen LogP contribution in [0.3, 0.4) is 0 Å². The first kappa shape index (κ1) is 21.8. The lowest BCUT2D eigenvalue weighted by Crippen LogP contribution is -2.67. The van der Waals surface area contributed by atoms with Crippen molar-refractivity contribution in [1.29, 1.82) is 0 Å². The van der Waals surface area contributed by atoms with E-state index in [0.29, 0.717) is 11.5 Å². The second kappa shape index (κ2) is 8.63. The van der Waals surface area contributed by atoms with Crippen LogP contribution in [0.1, 0.15) is 45.3 Å². The Morgan fingerprint density at radius 2 is 1.94 bits per heavy atom. The van der Waals surface area contributed by atoms with Crippen LogP contribution in [-0.2, 0) is 24.4 Å². The zero-order chi connectivity index (χ0) is 22.2. The van der Waals surface area contributed by atoms with Crippen molar-refractivity contribution in [2.45, 2.75) is 70.0 Å². The quantitative estimate of drug-likeness (QED) is 0.768. The number of benzene rings is 1. The largest absolute Gasteiger partial charge is 0.464 e. The number of amides is 1. The molecule has 2 aliphatic heterocycles. The molecule has 6 unspecified atom stereocenters. The van der Waals surface area contributed by atoms with Gasteiger partial charge in [0.2, 0.25) is 18.5 Å². The first-order chi connectivity index (χ1) is 14.7. The highest BCUT2D eigenvalue weighted by Crippen LogP contribution is 2.37. The molecule has 2 saturated heterocycles. The fraction of sp³-hybridized carbons (Fsp3) is 0.522. The van der Waals surface area contributed by atoms with Gasteiger partial charge in [-0.25, -0.2) is 0 Å². The summed E-state index contributed by atoms with van der Waals surface area (Å²) in [4.78, 5) is 11.9. The lowest BCUT2D eigenvalue weighted by atomic mass is 9.86. The van der Waals surface area contributed by atoms with E-state index in [-0.39, 0.29) is 17.9 Å². The Hall–Kier alpha value is -2.39. The second-order valence-corrected chi connectivity index (χ2v) is 8.91. The summed E-state index contributed by atoms with van der Waals surface area (Å²) in [6.07, 6.45) is -2.52. The Morgan fingerprint density at radius 3 is 2.61 bits per heavy atom. The van der Waals surface area contributed by atoms with E-state index in [0.717, 1.165) is 5.56 Å². The van der Waals surface area contributed by atoms with Gasteiger partial charge in [-0.15, -0.1) is 0 Å². The Labute approximate surface area is 181 Å². The summed E-state index contributed by atoms with van der Waals surface area (Å²) in [5.74, 6) is 0.824. The molecule has 2 aromatic rings. The molecular weight excluding hydrogens is 402 g/mol. The topological polar surface area (TPSA) is 99.4 Å². The Morgan fingerprint density at radius 1 is 1.16 bits per heavy atom. The first-order valence-corrected chi connectivity index (χ1v) is 10.4. The van der Waals surface area contributed by atoms with E-state index in [4.69, 9.17) is 23.4 Å². The van der Waals surface area contributed by atoms with E-state index in [1.807, 2.05) is 24.3 Å². The van der Waals surface area contributed by atoms with Crippen LogP contribution >= 0.6 is 0 Å². The molecule has 1 aromatic heterocycles. The Bertz CT molecular complexity index is 892. The molecule has 1 aromatic carbocycles. The van der Waals surface area contributed by atoms with Gasteiger partial charge in [-0.05, 0) is 29.2 Å². The van der Waals surface area contributed by atoms with Crippen molar-refractivity contribution in [2.75, 3.05) is 6.61 Å². The molecule has 4 rings (SSSR count). The lowest BCUT2D eigenvalue weighted by Gasteiger charge is -2.47. The van der Waals surface area contributed by atoms with Gasteiger partial charge in [0.15, 0.2) is 5.76 Å². The number of aliphatic hydroxyl groups excluding tert-OH is 1. The van der Waals surface area contributed by atoms with Crippen LogP contribution in [-0.4, -0.2) is 48.3 Å². The monoisotopic (exact) mass is 431 g/mol. The van der Waals surface area contributed by atoms with Gasteiger partial charge in [-0.3, -0.25) is 4.79 Å².